The van der Waals surface area contributed by atoms with Crippen molar-refractivity contribution in [2.45, 2.75) is 44.2 Å². The van der Waals surface area contributed by atoms with Crippen LogP contribution in [-0.2, 0) is 9.53 Å². The van der Waals surface area contributed by atoms with Crippen molar-refractivity contribution in [2.75, 3.05) is 7.11 Å². The molecule has 28 heavy (non-hydrogen) atoms. The molecule has 1 aliphatic heterocycles. The molecule has 1 aliphatic rings. The maximum Gasteiger partial charge on any atom is 0.342 e. The van der Waals surface area contributed by atoms with Gasteiger partial charge in [-0.2, -0.15) is 0 Å². The molecule has 4 atom stereocenters. The first-order valence-electron chi connectivity index (χ1n) is 8.63. The van der Waals surface area contributed by atoms with Gasteiger partial charge in [-0.05, 0) is 44.1 Å². The van der Waals surface area contributed by atoms with Crippen LogP contribution < -0.4 is 4.74 Å². The molecule has 0 amide bonds. The third kappa shape index (κ3) is 4.76. The van der Waals surface area contributed by atoms with Gasteiger partial charge in [0.2, 0.25) is 0 Å². The Morgan fingerprint density at radius 2 is 1.93 bits per heavy atom. The maximum atomic E-state index is 14.8. The van der Waals surface area contributed by atoms with Crippen LogP contribution in [0.5, 0.6) is 11.5 Å². The van der Waals surface area contributed by atoms with Crippen LogP contribution in [-0.4, -0.2) is 58.2 Å². The lowest BCUT2D eigenvalue weighted by molar-refractivity contribution is -0.127. The number of carbonyl (C=O) groups is 2. The Bertz CT molecular complexity index is 813. The van der Waals surface area contributed by atoms with E-state index in [0.29, 0.717) is 0 Å². The number of cyclic esters (lactones) is 1. The minimum atomic E-state index is -2.24. The number of fused-ring (bicyclic) bond motifs is 1. The van der Waals surface area contributed by atoms with E-state index in [1.54, 1.807) is 0 Å². The molecule has 3 N–H and O–H groups in total. The number of phenols is 1. The van der Waals surface area contributed by atoms with Gasteiger partial charge in [0.1, 0.15) is 29.3 Å². The maximum absolute atomic E-state index is 14.8. The molecule has 1 aromatic rings. The van der Waals surface area contributed by atoms with Gasteiger partial charge in [-0.3, -0.25) is 4.79 Å². The molecule has 2 rings (SSSR count). The van der Waals surface area contributed by atoms with E-state index in [9.17, 15) is 29.3 Å². The number of esters is 1. The van der Waals surface area contributed by atoms with E-state index in [-0.39, 0.29) is 23.3 Å². The van der Waals surface area contributed by atoms with Crippen molar-refractivity contribution in [1.82, 2.24) is 0 Å². The van der Waals surface area contributed by atoms with Crippen LogP contribution >= 0.6 is 0 Å². The van der Waals surface area contributed by atoms with Gasteiger partial charge in [0, 0.05) is 6.07 Å². The number of aromatic hydroxyl groups is 1. The van der Waals surface area contributed by atoms with Crippen LogP contribution in [0.3, 0.4) is 0 Å². The fourth-order valence-corrected chi connectivity index (χ4v) is 2.56. The Kier molecular flexibility index (Phi) is 6.58. The molecule has 1 aromatic carbocycles. The molecule has 0 unspecified atom stereocenters. The third-order valence-corrected chi connectivity index (χ3v) is 4.54. The third-order valence-electron chi connectivity index (χ3n) is 4.54. The highest BCUT2D eigenvalue weighted by Gasteiger charge is 2.34. The molecule has 0 saturated carbocycles. The SMILES string of the molecule is COc1cc(O)c2c(c1)/C=C/C[C@H](O)[C@H](O)C(=O)/C=C\[C@](C)(F)[C@H](C)OC2=O. The number of aliphatic hydroxyl groups excluding tert-OH is 2. The standard InChI is InChI=1S/C20H23FO7/c1-11-20(2,21)8-7-15(23)18(25)14(22)6-4-5-12-9-13(27-3)10-16(24)17(12)19(26)28-11/h4-5,7-11,14,18,22,24-25H,6H2,1-3H3/b5-4+,8-7-/t11-,14-,18-,20-/m0/s1. The zero-order chi connectivity index (χ0) is 21.1. The van der Waals surface area contributed by atoms with Crippen molar-refractivity contribution in [3.63, 3.8) is 0 Å². The number of ether oxygens (including phenoxy) is 2. The van der Waals surface area contributed by atoms with Crippen LogP contribution in [0, 0.1) is 0 Å². The summed E-state index contributed by atoms with van der Waals surface area (Å²) < 4.78 is 25.1. The topological polar surface area (TPSA) is 113 Å². The zero-order valence-corrected chi connectivity index (χ0v) is 15.8. The molecule has 0 aliphatic carbocycles. The Balaban J connectivity index is 2.55. The fourth-order valence-electron chi connectivity index (χ4n) is 2.56. The van der Waals surface area contributed by atoms with Crippen molar-refractivity contribution >= 4 is 17.8 Å². The van der Waals surface area contributed by atoms with Crippen molar-refractivity contribution < 1.29 is 38.8 Å². The van der Waals surface area contributed by atoms with Gasteiger partial charge in [0.25, 0.3) is 0 Å². The van der Waals surface area contributed by atoms with E-state index in [1.807, 2.05) is 0 Å². The molecule has 0 saturated heterocycles. The Morgan fingerprint density at radius 3 is 2.57 bits per heavy atom. The van der Waals surface area contributed by atoms with Crippen molar-refractivity contribution in [1.29, 1.82) is 0 Å². The van der Waals surface area contributed by atoms with Crippen molar-refractivity contribution in [3.05, 3.63) is 41.5 Å². The monoisotopic (exact) mass is 394 g/mol. The van der Waals surface area contributed by atoms with E-state index >= 15 is 0 Å². The lowest BCUT2D eigenvalue weighted by Crippen LogP contribution is -2.36. The number of rotatable bonds is 1. The van der Waals surface area contributed by atoms with Crippen molar-refractivity contribution in [3.8, 4) is 11.5 Å². The summed E-state index contributed by atoms with van der Waals surface area (Å²) >= 11 is 0. The molecule has 8 heteroatoms. The number of aliphatic hydroxyl groups is 2. The lowest BCUT2D eigenvalue weighted by Gasteiger charge is -2.25. The summed E-state index contributed by atoms with van der Waals surface area (Å²) in [6.45, 7) is 2.39. The molecule has 0 radical (unpaired) electrons. The average molecular weight is 394 g/mol. The van der Waals surface area contributed by atoms with E-state index in [4.69, 9.17) is 9.47 Å². The summed E-state index contributed by atoms with van der Waals surface area (Å²) in [5.41, 5.74) is -2.24. The molecule has 7 nitrogen and oxygen atoms in total. The summed E-state index contributed by atoms with van der Waals surface area (Å²) in [4.78, 5) is 24.5. The second-order valence-electron chi connectivity index (χ2n) is 6.70. The highest BCUT2D eigenvalue weighted by molar-refractivity contribution is 5.97. The fraction of sp³-hybridized carbons (Fsp3) is 0.400. The number of hydrogen-bond acceptors (Lipinski definition) is 7. The summed E-state index contributed by atoms with van der Waals surface area (Å²) in [7, 11) is 1.38. The number of alkyl halides is 1. The predicted octanol–water partition coefficient (Wildman–Crippen LogP) is 1.94. The largest absolute Gasteiger partial charge is 0.507 e. The van der Waals surface area contributed by atoms with Gasteiger partial charge < -0.3 is 24.8 Å². The smallest absolute Gasteiger partial charge is 0.342 e. The molecule has 0 fully saturated rings. The van der Waals surface area contributed by atoms with E-state index in [1.165, 1.54) is 38.3 Å². The number of methoxy groups -OCH3 is 1. The van der Waals surface area contributed by atoms with Crippen LogP contribution in [0.25, 0.3) is 6.08 Å². The number of carbonyl (C=O) groups excluding carboxylic acids is 2. The summed E-state index contributed by atoms with van der Waals surface area (Å²) in [6.07, 6.45) is -0.123. The summed E-state index contributed by atoms with van der Waals surface area (Å²) in [6, 6.07) is 2.67. The van der Waals surface area contributed by atoms with Gasteiger partial charge in [0.15, 0.2) is 11.5 Å². The molecule has 152 valence electrons. The van der Waals surface area contributed by atoms with Crippen molar-refractivity contribution in [2.24, 2.45) is 0 Å². The molecule has 0 aromatic heterocycles. The summed E-state index contributed by atoms with van der Waals surface area (Å²) in [5.74, 6) is -2.00. The lowest BCUT2D eigenvalue weighted by atomic mass is 9.98. The average Bonchev–Trinajstić information content (AvgIpc) is 2.63. The second kappa shape index (κ2) is 8.53. The number of halogens is 1. The van der Waals surface area contributed by atoms with Gasteiger partial charge in [-0.25, -0.2) is 9.18 Å². The Labute approximate surface area is 161 Å². The number of phenolic OH excluding ortho intramolecular Hbond substituents is 1. The van der Waals surface area contributed by atoms with Gasteiger partial charge in [0.05, 0.1) is 13.2 Å². The molecular weight excluding hydrogens is 371 g/mol. The highest BCUT2D eigenvalue weighted by atomic mass is 19.1. The Morgan fingerprint density at radius 1 is 1.25 bits per heavy atom. The van der Waals surface area contributed by atoms with Crippen LogP contribution in [0.1, 0.15) is 36.2 Å². The predicted molar refractivity (Wildman–Crippen MR) is 98.9 cm³/mol. The quantitative estimate of drug-likeness (QED) is 0.624. The number of ketones is 1. The highest BCUT2D eigenvalue weighted by Crippen LogP contribution is 2.31. The molecular formula is C20H23FO7. The minimum Gasteiger partial charge on any atom is -0.507 e. The van der Waals surface area contributed by atoms with Gasteiger partial charge in [-0.15, -0.1) is 0 Å². The number of hydrogen-bond donors (Lipinski definition) is 3. The molecule has 1 heterocycles. The minimum absolute atomic E-state index is 0.128. The van der Waals surface area contributed by atoms with E-state index < -0.39 is 41.5 Å². The van der Waals surface area contributed by atoms with Crippen LogP contribution in [0.2, 0.25) is 0 Å². The van der Waals surface area contributed by atoms with Crippen LogP contribution in [0.15, 0.2) is 30.4 Å². The molecule has 0 bridgehead atoms. The first-order chi connectivity index (χ1) is 13.1. The van der Waals surface area contributed by atoms with E-state index in [0.717, 1.165) is 19.1 Å². The van der Waals surface area contributed by atoms with Gasteiger partial charge in [-0.1, -0.05) is 12.2 Å². The summed E-state index contributed by atoms with van der Waals surface area (Å²) in [5, 5.41) is 30.1. The Hall–Kier alpha value is -2.71. The zero-order valence-electron chi connectivity index (χ0n) is 15.8. The first-order valence-corrected chi connectivity index (χ1v) is 8.63. The van der Waals surface area contributed by atoms with Gasteiger partial charge >= 0.3 is 5.97 Å². The first kappa shape index (κ1) is 21.6. The van der Waals surface area contributed by atoms with Crippen LogP contribution in [0.4, 0.5) is 4.39 Å². The second-order valence-corrected chi connectivity index (χ2v) is 6.70. The van der Waals surface area contributed by atoms with E-state index in [2.05, 4.69) is 0 Å². The molecule has 0 spiro atoms. The normalized spacial score (nSPS) is 31.3. The number of benzene rings is 1.